The third-order valence-electron chi connectivity index (χ3n) is 3.32. The van der Waals surface area contributed by atoms with Crippen LogP contribution in [0.25, 0.3) is 0 Å². The van der Waals surface area contributed by atoms with Crippen LogP contribution in [0.2, 0.25) is 0 Å². The summed E-state index contributed by atoms with van der Waals surface area (Å²) >= 11 is 1.47. The minimum absolute atomic E-state index is 0.212. The Labute approximate surface area is 147 Å². The second kappa shape index (κ2) is 7.85. The van der Waals surface area contributed by atoms with Crippen LogP contribution in [0.4, 0.5) is 13.9 Å². The van der Waals surface area contributed by atoms with Crippen LogP contribution in [0, 0.1) is 18.6 Å². The van der Waals surface area contributed by atoms with Gasteiger partial charge in [-0.3, -0.25) is 5.43 Å². The maximum atomic E-state index is 13.2. The highest BCUT2D eigenvalue weighted by Crippen LogP contribution is 2.18. The van der Waals surface area contributed by atoms with Gasteiger partial charge in [-0.05, 0) is 24.6 Å². The van der Waals surface area contributed by atoms with Gasteiger partial charge in [0.2, 0.25) is 5.13 Å². The van der Waals surface area contributed by atoms with Crippen molar-refractivity contribution in [3.8, 4) is 5.75 Å². The molecule has 3 rings (SSSR count). The molecule has 0 bridgehead atoms. The number of aromatic nitrogens is 1. The molecule has 1 heterocycles. The lowest BCUT2D eigenvalue weighted by molar-refractivity contribution is 0.303. The molecule has 0 aliphatic carbocycles. The van der Waals surface area contributed by atoms with E-state index in [1.54, 1.807) is 6.21 Å². The fraction of sp³-hybridized carbons (Fsp3) is 0.111. The number of nitrogens with one attached hydrogen (secondary N) is 1. The quantitative estimate of drug-likeness (QED) is 0.510. The SMILES string of the molecule is Cc1csc(NN=Cc2ccccc2COc2ccc(F)c(F)c2)n1. The number of rotatable bonds is 6. The van der Waals surface area contributed by atoms with E-state index in [1.165, 1.54) is 17.4 Å². The van der Waals surface area contributed by atoms with E-state index in [1.807, 2.05) is 36.6 Å². The van der Waals surface area contributed by atoms with E-state index in [-0.39, 0.29) is 12.4 Å². The summed E-state index contributed by atoms with van der Waals surface area (Å²) in [5, 5.41) is 6.82. The first-order valence-corrected chi connectivity index (χ1v) is 8.37. The summed E-state index contributed by atoms with van der Waals surface area (Å²) in [6.45, 7) is 2.12. The highest BCUT2D eigenvalue weighted by Gasteiger charge is 2.05. The van der Waals surface area contributed by atoms with E-state index >= 15 is 0 Å². The summed E-state index contributed by atoms with van der Waals surface area (Å²) in [7, 11) is 0. The van der Waals surface area contributed by atoms with Crippen molar-refractivity contribution in [1.82, 2.24) is 4.98 Å². The number of hydrogen-bond donors (Lipinski definition) is 1. The minimum atomic E-state index is -0.935. The summed E-state index contributed by atoms with van der Waals surface area (Å²) in [5.41, 5.74) is 5.53. The largest absolute Gasteiger partial charge is 0.489 e. The van der Waals surface area contributed by atoms with Crippen molar-refractivity contribution in [1.29, 1.82) is 0 Å². The fourth-order valence-electron chi connectivity index (χ4n) is 2.08. The molecule has 0 saturated heterocycles. The number of ether oxygens (including phenoxy) is 1. The number of hydrogen-bond acceptors (Lipinski definition) is 5. The molecule has 4 nitrogen and oxygen atoms in total. The molecule has 3 aromatic rings. The topological polar surface area (TPSA) is 46.5 Å². The molecule has 128 valence electrons. The first-order valence-electron chi connectivity index (χ1n) is 7.49. The van der Waals surface area contributed by atoms with Gasteiger partial charge in [-0.2, -0.15) is 5.10 Å². The molecule has 1 aromatic heterocycles. The number of halogens is 2. The monoisotopic (exact) mass is 359 g/mol. The van der Waals surface area contributed by atoms with Crippen molar-refractivity contribution < 1.29 is 13.5 Å². The lowest BCUT2D eigenvalue weighted by atomic mass is 10.1. The van der Waals surface area contributed by atoms with Gasteiger partial charge < -0.3 is 4.74 Å². The molecule has 0 fully saturated rings. The molecule has 0 radical (unpaired) electrons. The lowest BCUT2D eigenvalue weighted by Gasteiger charge is -2.09. The number of hydrazone groups is 1. The van der Waals surface area contributed by atoms with E-state index in [0.29, 0.717) is 5.13 Å². The van der Waals surface area contributed by atoms with Crippen LogP contribution in [0.3, 0.4) is 0 Å². The number of nitrogens with zero attached hydrogens (tertiary/aromatic N) is 2. The van der Waals surface area contributed by atoms with Crippen molar-refractivity contribution in [3.63, 3.8) is 0 Å². The van der Waals surface area contributed by atoms with Gasteiger partial charge in [0.25, 0.3) is 0 Å². The fourth-order valence-corrected chi connectivity index (χ4v) is 2.72. The number of benzene rings is 2. The second-order valence-corrected chi connectivity index (χ2v) is 6.09. The Kier molecular flexibility index (Phi) is 5.35. The number of aryl methyl sites for hydroxylation is 1. The predicted molar refractivity (Wildman–Crippen MR) is 95.2 cm³/mol. The number of anilines is 1. The summed E-state index contributed by atoms with van der Waals surface area (Å²) in [6.07, 6.45) is 1.67. The molecule has 0 aliphatic heterocycles. The Hall–Kier alpha value is -2.80. The van der Waals surface area contributed by atoms with E-state index < -0.39 is 11.6 Å². The van der Waals surface area contributed by atoms with Crippen LogP contribution in [-0.2, 0) is 6.61 Å². The first kappa shape index (κ1) is 17.0. The zero-order valence-electron chi connectivity index (χ0n) is 13.4. The molecule has 0 amide bonds. The Balaban J connectivity index is 1.66. The molecule has 7 heteroatoms. The van der Waals surface area contributed by atoms with E-state index in [2.05, 4.69) is 15.5 Å². The van der Waals surface area contributed by atoms with Crippen molar-refractivity contribution in [3.05, 3.63) is 76.3 Å². The summed E-state index contributed by atoms with van der Waals surface area (Å²) < 4.78 is 31.7. The van der Waals surface area contributed by atoms with Gasteiger partial charge in [0.1, 0.15) is 12.4 Å². The van der Waals surface area contributed by atoms with Crippen LogP contribution in [0.5, 0.6) is 5.75 Å². The van der Waals surface area contributed by atoms with Gasteiger partial charge in [-0.25, -0.2) is 13.8 Å². The predicted octanol–water partition coefficient (Wildman–Crippen LogP) is 4.75. The van der Waals surface area contributed by atoms with E-state index in [0.717, 1.165) is 29.0 Å². The molecule has 0 saturated carbocycles. The van der Waals surface area contributed by atoms with Gasteiger partial charge >= 0.3 is 0 Å². The highest BCUT2D eigenvalue weighted by atomic mass is 32.1. The first-order chi connectivity index (χ1) is 12.1. The van der Waals surface area contributed by atoms with Crippen molar-refractivity contribution in [2.45, 2.75) is 13.5 Å². The molecule has 0 atom stereocenters. The molecule has 2 aromatic carbocycles. The van der Waals surface area contributed by atoms with Crippen LogP contribution in [0.1, 0.15) is 16.8 Å². The third-order valence-corrected chi connectivity index (χ3v) is 4.19. The van der Waals surface area contributed by atoms with Crippen LogP contribution in [-0.4, -0.2) is 11.2 Å². The van der Waals surface area contributed by atoms with Gasteiger partial charge in [-0.1, -0.05) is 24.3 Å². The molecule has 0 spiro atoms. The van der Waals surface area contributed by atoms with Crippen LogP contribution in [0.15, 0.2) is 52.9 Å². The number of thiazole rings is 1. The summed E-state index contributed by atoms with van der Waals surface area (Å²) in [4.78, 5) is 4.26. The molecule has 0 unspecified atom stereocenters. The molecule has 25 heavy (non-hydrogen) atoms. The Morgan fingerprint density at radius 1 is 1.20 bits per heavy atom. The molecular formula is C18H15F2N3OS. The van der Waals surface area contributed by atoms with Gasteiger partial charge in [0.05, 0.1) is 11.9 Å². The average molecular weight is 359 g/mol. The third kappa shape index (κ3) is 4.60. The van der Waals surface area contributed by atoms with E-state index in [9.17, 15) is 8.78 Å². The maximum Gasteiger partial charge on any atom is 0.203 e. The van der Waals surface area contributed by atoms with Gasteiger partial charge in [0, 0.05) is 17.0 Å². The zero-order valence-corrected chi connectivity index (χ0v) is 14.2. The molecule has 1 N–H and O–H groups in total. The standard InChI is InChI=1S/C18H15F2N3OS/c1-12-11-25-18(22-12)23-21-9-13-4-2-3-5-14(13)10-24-15-6-7-16(19)17(20)8-15/h2-9,11H,10H2,1H3,(H,22,23). The molecular weight excluding hydrogens is 344 g/mol. The van der Waals surface area contributed by atoms with Crippen LogP contribution >= 0.6 is 11.3 Å². The average Bonchev–Trinajstić information content (AvgIpc) is 3.02. The highest BCUT2D eigenvalue weighted by molar-refractivity contribution is 7.13. The molecule has 0 aliphatic rings. The normalized spacial score (nSPS) is 11.0. The second-order valence-electron chi connectivity index (χ2n) is 5.23. The smallest absolute Gasteiger partial charge is 0.203 e. The van der Waals surface area contributed by atoms with Crippen LogP contribution < -0.4 is 10.2 Å². The minimum Gasteiger partial charge on any atom is -0.489 e. The Bertz CT molecular complexity index is 896. The van der Waals surface area contributed by atoms with Crippen molar-refractivity contribution in [2.24, 2.45) is 5.10 Å². The Morgan fingerprint density at radius 3 is 2.80 bits per heavy atom. The Morgan fingerprint density at radius 2 is 2.04 bits per heavy atom. The van der Waals surface area contributed by atoms with Gasteiger partial charge in [0.15, 0.2) is 11.6 Å². The maximum absolute atomic E-state index is 13.2. The van der Waals surface area contributed by atoms with E-state index in [4.69, 9.17) is 4.74 Å². The lowest BCUT2D eigenvalue weighted by Crippen LogP contribution is -2.01. The summed E-state index contributed by atoms with van der Waals surface area (Å²) in [6, 6.07) is 11.0. The zero-order chi connectivity index (χ0) is 17.6. The van der Waals surface area contributed by atoms with Gasteiger partial charge in [-0.15, -0.1) is 11.3 Å². The van der Waals surface area contributed by atoms with Crippen molar-refractivity contribution >= 4 is 22.7 Å². The summed E-state index contributed by atoms with van der Waals surface area (Å²) in [5.74, 6) is -1.57. The van der Waals surface area contributed by atoms with Crippen molar-refractivity contribution in [2.75, 3.05) is 5.43 Å².